The van der Waals surface area contributed by atoms with E-state index < -0.39 is 0 Å². The zero-order valence-corrected chi connectivity index (χ0v) is 7.72. The molecule has 0 amide bonds. The second kappa shape index (κ2) is 3.97. The molecule has 0 aliphatic carbocycles. The van der Waals surface area contributed by atoms with E-state index in [2.05, 4.69) is 6.42 Å². The van der Waals surface area contributed by atoms with Gasteiger partial charge in [0.05, 0.1) is 0 Å². The molecule has 0 aliphatic heterocycles. The van der Waals surface area contributed by atoms with Gasteiger partial charge in [0.2, 0.25) is 0 Å². The first kappa shape index (κ1) is 8.82. The number of benzene rings is 2. The molecule has 0 spiro atoms. The third-order valence-electron chi connectivity index (χ3n) is 2.03. The number of aromatic hydroxyl groups is 1. The molecule has 0 fully saturated rings. The van der Waals surface area contributed by atoms with E-state index in [9.17, 15) is 0 Å². The van der Waals surface area contributed by atoms with Crippen molar-refractivity contribution >= 4 is 0 Å². The van der Waals surface area contributed by atoms with Crippen LogP contribution in [0.4, 0.5) is 0 Å². The van der Waals surface area contributed by atoms with Crippen LogP contribution in [-0.2, 0) is 0 Å². The second-order valence-electron chi connectivity index (χ2n) is 3.15. The van der Waals surface area contributed by atoms with Gasteiger partial charge < -0.3 is 5.11 Å². The predicted molar refractivity (Wildman–Crippen MR) is 57.1 cm³/mol. The molecule has 0 saturated heterocycles. The second-order valence-corrected chi connectivity index (χ2v) is 3.15. The summed E-state index contributed by atoms with van der Waals surface area (Å²) in [6, 6.07) is 17.3. The van der Waals surface area contributed by atoms with E-state index in [0.29, 0.717) is 5.75 Å². The van der Waals surface area contributed by atoms with Crippen LogP contribution in [-0.4, -0.2) is 5.11 Å². The quantitative estimate of drug-likeness (QED) is 0.758. The van der Waals surface area contributed by atoms with Gasteiger partial charge in [-0.1, -0.05) is 42.5 Å². The maximum absolute atomic E-state index is 9.11. The van der Waals surface area contributed by atoms with Gasteiger partial charge in [-0.2, -0.15) is 0 Å². The molecule has 69 valence electrons. The fourth-order valence-corrected chi connectivity index (χ4v) is 1.31. The summed E-state index contributed by atoms with van der Waals surface area (Å²) < 4.78 is 0. The van der Waals surface area contributed by atoms with E-state index in [0.717, 1.165) is 11.1 Å². The van der Waals surface area contributed by atoms with Gasteiger partial charge >= 0.3 is 0 Å². The van der Waals surface area contributed by atoms with Gasteiger partial charge in [0.1, 0.15) is 5.75 Å². The van der Waals surface area contributed by atoms with Crippen LogP contribution in [0, 0.1) is 6.42 Å². The van der Waals surface area contributed by atoms with Crippen LogP contribution < -0.4 is 0 Å². The monoisotopic (exact) mass is 183 g/mol. The molecular formula is C13H11O. The zero-order chi connectivity index (χ0) is 9.80. The molecule has 0 atom stereocenters. The van der Waals surface area contributed by atoms with Crippen molar-refractivity contribution < 1.29 is 5.11 Å². The van der Waals surface area contributed by atoms with Gasteiger partial charge in [0, 0.05) is 6.42 Å². The van der Waals surface area contributed by atoms with Crippen LogP contribution >= 0.6 is 0 Å². The van der Waals surface area contributed by atoms with Crippen molar-refractivity contribution in [2.45, 2.75) is 0 Å². The Balaban J connectivity index is 2.16. The molecule has 2 aromatic rings. The van der Waals surface area contributed by atoms with Crippen LogP contribution in [0.1, 0.15) is 11.1 Å². The molecule has 2 rings (SSSR count). The predicted octanol–water partition coefficient (Wildman–Crippen LogP) is 2.99. The number of rotatable bonds is 2. The van der Waals surface area contributed by atoms with Crippen molar-refractivity contribution in [3.8, 4) is 5.75 Å². The highest BCUT2D eigenvalue weighted by atomic mass is 16.3. The summed E-state index contributed by atoms with van der Waals surface area (Å²) in [5, 5.41) is 9.11. The van der Waals surface area contributed by atoms with E-state index in [-0.39, 0.29) is 0 Å². The Morgan fingerprint density at radius 2 is 1.29 bits per heavy atom. The molecular weight excluding hydrogens is 172 g/mol. The Labute approximate surface area is 83.6 Å². The minimum Gasteiger partial charge on any atom is -0.508 e. The molecule has 1 N–H and O–H groups in total. The highest BCUT2D eigenvalue weighted by Crippen LogP contribution is 2.14. The molecule has 0 bridgehead atoms. The maximum Gasteiger partial charge on any atom is 0.115 e. The average Bonchev–Trinajstić information content (AvgIpc) is 2.23. The largest absolute Gasteiger partial charge is 0.508 e. The number of phenols is 1. The summed E-state index contributed by atoms with van der Waals surface area (Å²) in [6.45, 7) is 0. The summed E-state index contributed by atoms with van der Waals surface area (Å²) in [7, 11) is 0. The third kappa shape index (κ3) is 2.13. The van der Waals surface area contributed by atoms with Gasteiger partial charge in [0.15, 0.2) is 0 Å². The summed E-state index contributed by atoms with van der Waals surface area (Å²) in [4.78, 5) is 0. The molecule has 1 nitrogen and oxygen atoms in total. The standard InChI is InChI=1S/C13H11O/c14-13-8-6-12(7-9-13)10-11-4-2-1-3-5-11/h1-10,14H. The Morgan fingerprint density at radius 3 is 1.93 bits per heavy atom. The molecule has 0 heterocycles. The Kier molecular flexibility index (Phi) is 2.50. The SMILES string of the molecule is Oc1ccc([CH]c2ccccc2)cc1. The molecule has 2 aromatic carbocycles. The van der Waals surface area contributed by atoms with Crippen molar-refractivity contribution in [2.75, 3.05) is 0 Å². The van der Waals surface area contributed by atoms with Crippen LogP contribution in [0.25, 0.3) is 0 Å². The van der Waals surface area contributed by atoms with Crippen LogP contribution in [0.2, 0.25) is 0 Å². The fourth-order valence-electron chi connectivity index (χ4n) is 1.31. The topological polar surface area (TPSA) is 20.2 Å². The Morgan fingerprint density at radius 1 is 0.714 bits per heavy atom. The van der Waals surface area contributed by atoms with Crippen molar-refractivity contribution in [2.24, 2.45) is 0 Å². The Bertz CT molecular complexity index is 389. The van der Waals surface area contributed by atoms with Gasteiger partial charge in [-0.25, -0.2) is 0 Å². The molecule has 14 heavy (non-hydrogen) atoms. The molecule has 1 radical (unpaired) electrons. The lowest BCUT2D eigenvalue weighted by atomic mass is 10.1. The van der Waals surface area contributed by atoms with E-state index in [1.807, 2.05) is 42.5 Å². The average molecular weight is 183 g/mol. The van der Waals surface area contributed by atoms with Crippen molar-refractivity contribution in [3.05, 3.63) is 72.1 Å². The minimum atomic E-state index is 0.301. The molecule has 0 unspecified atom stereocenters. The third-order valence-corrected chi connectivity index (χ3v) is 2.03. The van der Waals surface area contributed by atoms with Gasteiger partial charge in [-0.15, -0.1) is 0 Å². The summed E-state index contributed by atoms with van der Waals surface area (Å²) in [6.07, 6.45) is 2.07. The van der Waals surface area contributed by atoms with Gasteiger partial charge in [-0.3, -0.25) is 0 Å². The highest BCUT2D eigenvalue weighted by molar-refractivity contribution is 5.38. The smallest absolute Gasteiger partial charge is 0.115 e. The molecule has 1 heteroatoms. The van der Waals surface area contributed by atoms with E-state index in [1.165, 1.54) is 0 Å². The lowest BCUT2D eigenvalue weighted by Crippen LogP contribution is -1.83. The van der Waals surface area contributed by atoms with Gasteiger partial charge in [-0.05, 0) is 23.3 Å². The van der Waals surface area contributed by atoms with Crippen LogP contribution in [0.3, 0.4) is 0 Å². The molecule has 0 saturated carbocycles. The first-order valence-electron chi connectivity index (χ1n) is 4.53. The Hall–Kier alpha value is -1.76. The van der Waals surface area contributed by atoms with E-state index in [1.54, 1.807) is 12.1 Å². The summed E-state index contributed by atoms with van der Waals surface area (Å²) in [5.74, 6) is 0.301. The lowest BCUT2D eigenvalue weighted by Gasteiger charge is -2.00. The molecule has 0 aliphatic rings. The minimum absolute atomic E-state index is 0.301. The zero-order valence-electron chi connectivity index (χ0n) is 7.72. The maximum atomic E-state index is 9.11. The molecule has 0 aromatic heterocycles. The van der Waals surface area contributed by atoms with Crippen LogP contribution in [0.15, 0.2) is 54.6 Å². The summed E-state index contributed by atoms with van der Waals surface area (Å²) in [5.41, 5.74) is 2.26. The van der Waals surface area contributed by atoms with E-state index >= 15 is 0 Å². The number of phenolic OH excluding ortho intramolecular Hbond substituents is 1. The normalized spacial score (nSPS) is 10.0. The first-order valence-corrected chi connectivity index (χ1v) is 4.53. The number of hydrogen-bond donors (Lipinski definition) is 1. The van der Waals surface area contributed by atoms with Gasteiger partial charge in [0.25, 0.3) is 0 Å². The highest BCUT2D eigenvalue weighted by Gasteiger charge is 1.95. The lowest BCUT2D eigenvalue weighted by molar-refractivity contribution is 0.475. The van der Waals surface area contributed by atoms with Crippen molar-refractivity contribution in [3.63, 3.8) is 0 Å². The number of hydrogen-bond acceptors (Lipinski definition) is 1. The van der Waals surface area contributed by atoms with Crippen molar-refractivity contribution in [1.82, 2.24) is 0 Å². The van der Waals surface area contributed by atoms with Crippen LogP contribution in [0.5, 0.6) is 5.75 Å². The fraction of sp³-hybridized carbons (Fsp3) is 0. The van der Waals surface area contributed by atoms with E-state index in [4.69, 9.17) is 5.11 Å². The van der Waals surface area contributed by atoms with Crippen molar-refractivity contribution in [1.29, 1.82) is 0 Å². The summed E-state index contributed by atoms with van der Waals surface area (Å²) >= 11 is 0. The first-order chi connectivity index (χ1) is 6.84.